The first-order chi connectivity index (χ1) is 6.79. The average Bonchev–Trinajstić information content (AvgIpc) is 2.74. The van der Waals surface area contributed by atoms with E-state index in [0.29, 0.717) is 11.8 Å². The van der Waals surface area contributed by atoms with E-state index in [0.717, 1.165) is 5.75 Å². The molecule has 0 heterocycles. The third-order valence-corrected chi connectivity index (χ3v) is 4.36. The van der Waals surface area contributed by atoms with Crippen LogP contribution in [-0.4, -0.2) is 7.11 Å². The maximum Gasteiger partial charge on any atom is 0.119 e. The zero-order valence-corrected chi connectivity index (χ0v) is 10.1. The summed E-state index contributed by atoms with van der Waals surface area (Å²) in [6.45, 7) is 0. The summed E-state index contributed by atoms with van der Waals surface area (Å²) < 4.78 is 6.77. The second kappa shape index (κ2) is 2.99. The van der Waals surface area contributed by atoms with Crippen LogP contribution in [0.1, 0.15) is 29.4 Å². The van der Waals surface area contributed by atoms with Crippen molar-refractivity contribution in [2.45, 2.75) is 18.3 Å². The summed E-state index contributed by atoms with van der Waals surface area (Å²) in [6, 6.07) is 6.49. The summed E-state index contributed by atoms with van der Waals surface area (Å²) in [4.78, 5) is 0. The van der Waals surface area contributed by atoms with Crippen LogP contribution >= 0.6 is 22.6 Å². The molecule has 0 amide bonds. The average molecular weight is 298 g/mol. The summed E-state index contributed by atoms with van der Waals surface area (Å²) in [5, 5.41) is 0. The first-order valence-corrected chi connectivity index (χ1v) is 5.92. The molecule has 0 N–H and O–H groups in total. The minimum atomic E-state index is 0.650. The van der Waals surface area contributed by atoms with Gasteiger partial charge in [-0.1, -0.05) is 12.1 Å². The second-order valence-corrected chi connectivity index (χ2v) is 5.19. The molecule has 0 spiro atoms. The van der Waals surface area contributed by atoms with E-state index >= 15 is 0 Å². The molecular formula is C12H11IO. The molecule has 0 radical (unpaired) electrons. The highest BCUT2D eigenvalue weighted by Gasteiger charge is 2.36. The van der Waals surface area contributed by atoms with Gasteiger partial charge >= 0.3 is 0 Å². The monoisotopic (exact) mass is 298 g/mol. The van der Waals surface area contributed by atoms with Gasteiger partial charge in [0.25, 0.3) is 0 Å². The van der Waals surface area contributed by atoms with Crippen molar-refractivity contribution in [1.82, 2.24) is 0 Å². The van der Waals surface area contributed by atoms with Crippen molar-refractivity contribution >= 4 is 22.6 Å². The molecule has 1 nitrogen and oxygen atoms in total. The SMILES string of the molecule is COc1ccc2c(c1)C1C=C(I)C2C1. The van der Waals surface area contributed by atoms with Gasteiger partial charge in [0.05, 0.1) is 7.11 Å². The molecule has 2 aliphatic carbocycles. The summed E-state index contributed by atoms with van der Waals surface area (Å²) in [5.74, 6) is 2.32. The lowest BCUT2D eigenvalue weighted by molar-refractivity contribution is 0.414. The van der Waals surface area contributed by atoms with Crippen molar-refractivity contribution < 1.29 is 4.74 Å². The van der Waals surface area contributed by atoms with Crippen LogP contribution in [0.2, 0.25) is 0 Å². The number of rotatable bonds is 1. The van der Waals surface area contributed by atoms with Crippen LogP contribution in [0, 0.1) is 0 Å². The molecule has 0 aromatic heterocycles. The van der Waals surface area contributed by atoms with Gasteiger partial charge in [-0.15, -0.1) is 0 Å². The van der Waals surface area contributed by atoms with Gasteiger partial charge in [-0.05, 0) is 55.9 Å². The quantitative estimate of drug-likeness (QED) is 0.720. The Morgan fingerprint density at radius 2 is 2.21 bits per heavy atom. The van der Waals surface area contributed by atoms with Crippen LogP contribution in [0.4, 0.5) is 0 Å². The van der Waals surface area contributed by atoms with Crippen molar-refractivity contribution in [3.63, 3.8) is 0 Å². The van der Waals surface area contributed by atoms with E-state index in [9.17, 15) is 0 Å². The van der Waals surface area contributed by atoms with Gasteiger partial charge in [-0.3, -0.25) is 0 Å². The van der Waals surface area contributed by atoms with Gasteiger partial charge in [0, 0.05) is 11.8 Å². The van der Waals surface area contributed by atoms with E-state index in [2.05, 4.69) is 46.9 Å². The van der Waals surface area contributed by atoms with Crippen LogP contribution in [0.3, 0.4) is 0 Å². The molecular weight excluding hydrogens is 287 g/mol. The lowest BCUT2D eigenvalue weighted by atomic mass is 9.97. The number of allylic oxidation sites excluding steroid dienone is 2. The van der Waals surface area contributed by atoms with E-state index in [-0.39, 0.29) is 0 Å². The molecule has 72 valence electrons. The van der Waals surface area contributed by atoms with E-state index in [1.165, 1.54) is 21.1 Å². The van der Waals surface area contributed by atoms with Gasteiger partial charge in [0.2, 0.25) is 0 Å². The van der Waals surface area contributed by atoms with Gasteiger partial charge in [-0.2, -0.15) is 0 Å². The molecule has 2 unspecified atom stereocenters. The molecule has 1 aromatic rings. The third kappa shape index (κ3) is 1.06. The molecule has 2 atom stereocenters. The van der Waals surface area contributed by atoms with Crippen molar-refractivity contribution in [1.29, 1.82) is 0 Å². The number of halogens is 1. The highest BCUT2D eigenvalue weighted by atomic mass is 127. The third-order valence-electron chi connectivity index (χ3n) is 3.25. The minimum Gasteiger partial charge on any atom is -0.497 e. The first-order valence-electron chi connectivity index (χ1n) is 4.84. The Labute approximate surface area is 97.3 Å². The summed E-state index contributed by atoms with van der Waals surface area (Å²) >= 11 is 2.47. The van der Waals surface area contributed by atoms with E-state index in [1.54, 1.807) is 7.11 Å². The highest BCUT2D eigenvalue weighted by molar-refractivity contribution is 14.1. The molecule has 14 heavy (non-hydrogen) atoms. The Kier molecular flexibility index (Phi) is 1.87. The number of fused-ring (bicyclic) bond motifs is 5. The Balaban J connectivity index is 2.12. The van der Waals surface area contributed by atoms with Crippen molar-refractivity contribution in [2.24, 2.45) is 0 Å². The Morgan fingerprint density at radius 3 is 3.00 bits per heavy atom. The molecule has 2 bridgehead atoms. The van der Waals surface area contributed by atoms with Crippen molar-refractivity contribution in [2.75, 3.05) is 7.11 Å². The number of ether oxygens (including phenoxy) is 1. The highest BCUT2D eigenvalue weighted by Crippen LogP contribution is 2.54. The maximum atomic E-state index is 5.25. The molecule has 0 saturated carbocycles. The standard InChI is InChI=1S/C12H11IO/c1-14-8-2-3-9-10(6-8)7-4-11(9)12(13)5-7/h2-3,5-7,11H,4H2,1H3. The van der Waals surface area contributed by atoms with E-state index in [4.69, 9.17) is 4.74 Å². The first kappa shape index (κ1) is 8.77. The zero-order chi connectivity index (χ0) is 9.71. The molecule has 0 aliphatic heterocycles. The normalized spacial score (nSPS) is 27.4. The summed E-state index contributed by atoms with van der Waals surface area (Å²) in [6.07, 6.45) is 3.67. The Morgan fingerprint density at radius 1 is 1.36 bits per heavy atom. The van der Waals surface area contributed by atoms with Gasteiger partial charge in [0.15, 0.2) is 0 Å². The lowest BCUT2D eigenvalue weighted by Crippen LogP contribution is -1.96. The molecule has 0 saturated heterocycles. The van der Waals surface area contributed by atoms with Crippen LogP contribution in [0.15, 0.2) is 27.9 Å². The fraction of sp³-hybridized carbons (Fsp3) is 0.333. The van der Waals surface area contributed by atoms with Crippen LogP contribution in [0.25, 0.3) is 0 Å². The van der Waals surface area contributed by atoms with Gasteiger partial charge < -0.3 is 4.74 Å². The largest absolute Gasteiger partial charge is 0.497 e. The van der Waals surface area contributed by atoms with E-state index < -0.39 is 0 Å². The molecule has 0 fully saturated rings. The Bertz CT molecular complexity index is 422. The van der Waals surface area contributed by atoms with Gasteiger partial charge in [0.1, 0.15) is 5.75 Å². The maximum absolute atomic E-state index is 5.25. The minimum absolute atomic E-state index is 0.650. The predicted octanol–water partition coefficient (Wildman–Crippen LogP) is 3.60. The number of hydrogen-bond acceptors (Lipinski definition) is 1. The van der Waals surface area contributed by atoms with Gasteiger partial charge in [-0.25, -0.2) is 0 Å². The number of hydrogen-bond donors (Lipinski definition) is 0. The van der Waals surface area contributed by atoms with Crippen molar-refractivity contribution in [3.05, 3.63) is 39.0 Å². The van der Waals surface area contributed by atoms with Crippen LogP contribution in [-0.2, 0) is 0 Å². The van der Waals surface area contributed by atoms with Crippen LogP contribution < -0.4 is 4.74 Å². The predicted molar refractivity (Wildman–Crippen MR) is 65.2 cm³/mol. The van der Waals surface area contributed by atoms with Crippen molar-refractivity contribution in [3.8, 4) is 5.75 Å². The number of methoxy groups -OCH3 is 1. The molecule has 1 aromatic carbocycles. The Hall–Kier alpha value is -0.510. The van der Waals surface area contributed by atoms with Crippen LogP contribution in [0.5, 0.6) is 5.75 Å². The molecule has 2 aliphatic rings. The topological polar surface area (TPSA) is 9.23 Å². The lowest BCUT2D eigenvalue weighted by Gasteiger charge is -2.14. The van der Waals surface area contributed by atoms with E-state index in [1.807, 2.05) is 0 Å². The smallest absolute Gasteiger partial charge is 0.119 e. The molecule has 2 heteroatoms. The zero-order valence-electron chi connectivity index (χ0n) is 7.96. The fourth-order valence-corrected chi connectivity index (χ4v) is 3.58. The summed E-state index contributed by atoms with van der Waals surface area (Å²) in [5.41, 5.74) is 3.00. The summed E-state index contributed by atoms with van der Waals surface area (Å²) in [7, 11) is 1.73. The number of benzene rings is 1. The molecule has 3 rings (SSSR count). The second-order valence-electron chi connectivity index (χ2n) is 3.94. The fourth-order valence-electron chi connectivity index (χ4n) is 2.55.